The Morgan fingerprint density at radius 2 is 1.67 bits per heavy atom. The van der Waals surface area contributed by atoms with Crippen molar-refractivity contribution >= 4 is 39.2 Å². The van der Waals surface area contributed by atoms with E-state index < -0.39 is 22.6 Å². The molecule has 3 rings (SSSR count). The molecule has 196 valence electrons. The number of methoxy groups -OCH3 is 2. The van der Waals surface area contributed by atoms with Crippen molar-refractivity contribution in [3.8, 4) is 11.5 Å². The van der Waals surface area contributed by atoms with Gasteiger partial charge in [0.1, 0.15) is 11.5 Å². The number of sulfonamides is 1. The zero-order valence-corrected chi connectivity index (χ0v) is 22.4. The van der Waals surface area contributed by atoms with E-state index >= 15 is 0 Å². The van der Waals surface area contributed by atoms with Crippen molar-refractivity contribution in [1.82, 2.24) is 4.90 Å². The van der Waals surface area contributed by atoms with E-state index in [2.05, 4.69) is 0 Å². The molecule has 36 heavy (non-hydrogen) atoms. The molecular formula is C25H31ClN2O7S. The zero-order chi connectivity index (χ0) is 26.5. The molecule has 1 saturated carbocycles. The number of rotatable bonds is 9. The molecule has 0 unspecified atom stereocenters. The fourth-order valence-electron chi connectivity index (χ4n) is 4.15. The van der Waals surface area contributed by atoms with Crippen LogP contribution in [0.25, 0.3) is 0 Å². The van der Waals surface area contributed by atoms with Crippen LogP contribution >= 0.6 is 11.6 Å². The number of esters is 1. The summed E-state index contributed by atoms with van der Waals surface area (Å²) in [6.07, 6.45) is 5.20. The van der Waals surface area contributed by atoms with Crippen molar-refractivity contribution in [3.63, 3.8) is 0 Å². The van der Waals surface area contributed by atoms with Crippen LogP contribution in [0.5, 0.6) is 11.5 Å². The van der Waals surface area contributed by atoms with E-state index in [0.717, 1.165) is 30.0 Å². The molecule has 1 fully saturated rings. The van der Waals surface area contributed by atoms with Crippen molar-refractivity contribution < 1.29 is 32.2 Å². The number of nitrogens with zero attached hydrogens (tertiary/aromatic N) is 2. The lowest BCUT2D eigenvalue weighted by Gasteiger charge is -2.31. The summed E-state index contributed by atoms with van der Waals surface area (Å²) in [5.74, 6) is -0.512. The number of hydrogen-bond donors (Lipinski definition) is 0. The highest BCUT2D eigenvalue weighted by atomic mass is 35.5. The number of amides is 1. The van der Waals surface area contributed by atoms with Crippen LogP contribution in [0.4, 0.5) is 5.69 Å². The Morgan fingerprint density at radius 1 is 1.00 bits per heavy atom. The lowest BCUT2D eigenvalue weighted by molar-refractivity contribution is -0.135. The summed E-state index contributed by atoms with van der Waals surface area (Å²) in [5, 5.41) is 0.204. The Kier molecular flexibility index (Phi) is 9.08. The molecule has 1 aliphatic carbocycles. The van der Waals surface area contributed by atoms with Gasteiger partial charge in [-0.25, -0.2) is 13.2 Å². The first-order valence-corrected chi connectivity index (χ1v) is 13.3. The number of likely N-dealkylation sites (N-methyl/N-ethyl adjacent to an activating group) is 1. The van der Waals surface area contributed by atoms with Crippen molar-refractivity contribution in [2.75, 3.05) is 39.2 Å². The molecule has 0 saturated heterocycles. The summed E-state index contributed by atoms with van der Waals surface area (Å²) in [7, 11) is 1.80. The fourth-order valence-corrected chi connectivity index (χ4v) is 5.63. The normalized spacial score (nSPS) is 14.1. The van der Waals surface area contributed by atoms with Crippen LogP contribution < -0.4 is 13.8 Å². The molecular weight excluding hydrogens is 508 g/mol. The molecule has 0 radical (unpaired) electrons. The van der Waals surface area contributed by atoms with Crippen LogP contribution in [-0.2, 0) is 19.6 Å². The molecule has 11 heteroatoms. The summed E-state index contributed by atoms with van der Waals surface area (Å²) in [6, 6.07) is 8.50. The van der Waals surface area contributed by atoms with Crippen LogP contribution in [0.2, 0.25) is 5.02 Å². The van der Waals surface area contributed by atoms with Gasteiger partial charge in [0.05, 0.1) is 35.4 Å². The standard InChI is InChI=1S/C25H31ClN2O7S/c1-27(18-10-6-5-7-11-18)24(29)16-35-25(30)17-9-8-12-19(13-17)36(31,32)28(2)21-14-20(26)22(33-3)15-23(21)34-4/h8-9,12-15,18H,5-7,10-11,16H2,1-4H3. The first-order valence-electron chi connectivity index (χ1n) is 11.5. The quantitative estimate of drug-likeness (QED) is 0.442. The van der Waals surface area contributed by atoms with E-state index in [-0.39, 0.29) is 38.9 Å². The van der Waals surface area contributed by atoms with E-state index in [9.17, 15) is 18.0 Å². The largest absolute Gasteiger partial charge is 0.495 e. The van der Waals surface area contributed by atoms with Crippen LogP contribution in [-0.4, -0.2) is 66.2 Å². The molecule has 0 bridgehead atoms. The van der Waals surface area contributed by atoms with Gasteiger partial charge in [-0.2, -0.15) is 0 Å². The lowest BCUT2D eigenvalue weighted by Crippen LogP contribution is -2.40. The number of carbonyl (C=O) groups excluding carboxylic acids is 2. The molecule has 0 heterocycles. The number of halogens is 1. The Hall–Kier alpha value is -2.98. The maximum absolute atomic E-state index is 13.4. The number of anilines is 1. The predicted molar refractivity (Wildman–Crippen MR) is 137 cm³/mol. The molecule has 0 N–H and O–H groups in total. The average Bonchev–Trinajstić information content (AvgIpc) is 2.90. The van der Waals surface area contributed by atoms with Gasteiger partial charge in [-0.3, -0.25) is 9.10 Å². The van der Waals surface area contributed by atoms with Crippen molar-refractivity contribution in [2.24, 2.45) is 0 Å². The predicted octanol–water partition coefficient (Wildman–Crippen LogP) is 4.13. The molecule has 2 aromatic rings. The third kappa shape index (κ3) is 6.04. The zero-order valence-electron chi connectivity index (χ0n) is 20.8. The minimum Gasteiger partial charge on any atom is -0.495 e. The maximum atomic E-state index is 13.4. The number of carbonyl (C=O) groups is 2. The molecule has 0 aromatic heterocycles. The highest BCUT2D eigenvalue weighted by Crippen LogP contribution is 2.39. The average molecular weight is 539 g/mol. The highest BCUT2D eigenvalue weighted by Gasteiger charge is 2.27. The minimum absolute atomic E-state index is 0.0114. The second kappa shape index (κ2) is 11.8. The maximum Gasteiger partial charge on any atom is 0.338 e. The Morgan fingerprint density at radius 3 is 2.31 bits per heavy atom. The Labute approximate surface area is 216 Å². The summed E-state index contributed by atoms with van der Waals surface area (Å²) >= 11 is 6.20. The molecule has 2 aromatic carbocycles. The number of ether oxygens (including phenoxy) is 3. The van der Waals surface area contributed by atoms with Gasteiger partial charge in [0.2, 0.25) is 0 Å². The van der Waals surface area contributed by atoms with Crippen LogP contribution in [0, 0.1) is 0 Å². The number of hydrogen-bond acceptors (Lipinski definition) is 7. The number of benzene rings is 2. The Balaban J connectivity index is 1.75. The molecule has 0 spiro atoms. The first kappa shape index (κ1) is 27.6. The topological polar surface area (TPSA) is 102 Å². The smallest absolute Gasteiger partial charge is 0.338 e. The Bertz CT molecular complexity index is 1210. The summed E-state index contributed by atoms with van der Waals surface area (Å²) in [4.78, 5) is 26.6. The van der Waals surface area contributed by atoms with Gasteiger partial charge in [0.15, 0.2) is 6.61 Å². The van der Waals surface area contributed by atoms with Gasteiger partial charge < -0.3 is 19.1 Å². The van der Waals surface area contributed by atoms with Crippen LogP contribution in [0.1, 0.15) is 42.5 Å². The van der Waals surface area contributed by atoms with Crippen LogP contribution in [0.15, 0.2) is 41.3 Å². The van der Waals surface area contributed by atoms with Gasteiger partial charge in [-0.05, 0) is 37.1 Å². The summed E-state index contributed by atoms with van der Waals surface area (Å²) in [5.41, 5.74) is 0.199. The van der Waals surface area contributed by atoms with E-state index in [1.807, 2.05) is 0 Å². The van der Waals surface area contributed by atoms with Gasteiger partial charge in [0.25, 0.3) is 15.9 Å². The minimum atomic E-state index is -4.11. The van der Waals surface area contributed by atoms with Crippen LogP contribution in [0.3, 0.4) is 0 Å². The third-order valence-electron chi connectivity index (χ3n) is 6.36. The highest BCUT2D eigenvalue weighted by molar-refractivity contribution is 7.92. The van der Waals surface area contributed by atoms with Crippen molar-refractivity contribution in [1.29, 1.82) is 0 Å². The molecule has 1 amide bonds. The van der Waals surface area contributed by atoms with Crippen molar-refractivity contribution in [3.05, 3.63) is 47.0 Å². The van der Waals surface area contributed by atoms with E-state index in [1.165, 1.54) is 64.1 Å². The second-order valence-corrected chi connectivity index (χ2v) is 10.9. The molecule has 0 aliphatic heterocycles. The van der Waals surface area contributed by atoms with Crippen molar-refractivity contribution in [2.45, 2.75) is 43.0 Å². The first-order chi connectivity index (χ1) is 17.1. The molecule has 0 atom stereocenters. The monoisotopic (exact) mass is 538 g/mol. The molecule has 9 nitrogen and oxygen atoms in total. The van der Waals surface area contributed by atoms with E-state index in [4.69, 9.17) is 25.8 Å². The third-order valence-corrected chi connectivity index (χ3v) is 8.43. The lowest BCUT2D eigenvalue weighted by atomic mass is 9.94. The fraction of sp³-hybridized carbons (Fsp3) is 0.440. The summed E-state index contributed by atoms with van der Waals surface area (Å²) in [6.45, 7) is -0.412. The van der Waals surface area contributed by atoms with Gasteiger partial charge in [-0.15, -0.1) is 0 Å². The second-order valence-electron chi connectivity index (χ2n) is 8.53. The summed E-state index contributed by atoms with van der Waals surface area (Å²) < 4.78 is 43.4. The van der Waals surface area contributed by atoms with Gasteiger partial charge in [-0.1, -0.05) is 36.9 Å². The molecule has 1 aliphatic rings. The van der Waals surface area contributed by atoms with Gasteiger partial charge >= 0.3 is 5.97 Å². The SMILES string of the molecule is COc1cc(OC)c(N(C)S(=O)(=O)c2cccc(C(=O)OCC(=O)N(C)C3CCCCC3)c2)cc1Cl. The van der Waals surface area contributed by atoms with E-state index in [1.54, 1.807) is 11.9 Å². The van der Waals surface area contributed by atoms with E-state index in [0.29, 0.717) is 5.75 Å². The van der Waals surface area contributed by atoms with Gasteiger partial charge in [0, 0.05) is 26.2 Å².